The van der Waals surface area contributed by atoms with Crippen molar-refractivity contribution in [3.8, 4) is 0 Å². The van der Waals surface area contributed by atoms with E-state index >= 15 is 0 Å². The first kappa shape index (κ1) is 11.7. The number of ether oxygens (including phenoxy) is 1. The van der Waals surface area contributed by atoms with E-state index < -0.39 is 12.0 Å². The van der Waals surface area contributed by atoms with Crippen LogP contribution in [-0.2, 0) is 14.3 Å². The van der Waals surface area contributed by atoms with Gasteiger partial charge in [0, 0.05) is 24.9 Å². The quantitative estimate of drug-likeness (QED) is 0.762. The molecule has 0 aromatic carbocycles. The van der Waals surface area contributed by atoms with Gasteiger partial charge in [0.05, 0.1) is 5.88 Å². The number of carboxylic acid groups (broad SMARTS) is 1. The SMILES string of the molecule is O=C(O)[C@@H]1CSCN1C(=O)C1CCOCC1. The van der Waals surface area contributed by atoms with Gasteiger partial charge in [-0.3, -0.25) is 4.79 Å². The van der Waals surface area contributed by atoms with E-state index in [4.69, 9.17) is 9.84 Å². The topological polar surface area (TPSA) is 66.8 Å². The molecule has 2 saturated heterocycles. The van der Waals surface area contributed by atoms with Gasteiger partial charge in [-0.15, -0.1) is 11.8 Å². The van der Waals surface area contributed by atoms with Gasteiger partial charge in [0.25, 0.3) is 0 Å². The Hall–Kier alpha value is -0.750. The second-order valence-electron chi connectivity index (χ2n) is 4.05. The molecule has 90 valence electrons. The van der Waals surface area contributed by atoms with E-state index in [1.807, 2.05) is 0 Å². The molecule has 0 aliphatic carbocycles. The Kier molecular flexibility index (Phi) is 3.70. The summed E-state index contributed by atoms with van der Waals surface area (Å²) >= 11 is 1.50. The van der Waals surface area contributed by atoms with E-state index in [-0.39, 0.29) is 11.8 Å². The number of amides is 1. The van der Waals surface area contributed by atoms with Crippen LogP contribution in [0.5, 0.6) is 0 Å². The Labute approximate surface area is 98.1 Å². The van der Waals surface area contributed by atoms with Crippen LogP contribution in [0.25, 0.3) is 0 Å². The number of carboxylic acids is 1. The van der Waals surface area contributed by atoms with Crippen LogP contribution in [0.2, 0.25) is 0 Å². The Morgan fingerprint density at radius 2 is 2.00 bits per heavy atom. The lowest BCUT2D eigenvalue weighted by Gasteiger charge is -2.28. The van der Waals surface area contributed by atoms with Gasteiger partial charge in [0.2, 0.25) is 5.91 Å². The van der Waals surface area contributed by atoms with Crippen molar-refractivity contribution in [1.29, 1.82) is 0 Å². The maximum atomic E-state index is 12.1. The van der Waals surface area contributed by atoms with Crippen molar-refractivity contribution in [3.63, 3.8) is 0 Å². The fourth-order valence-electron chi connectivity index (χ4n) is 2.04. The third-order valence-corrected chi connectivity index (χ3v) is 4.03. The first-order valence-corrected chi connectivity index (χ1v) is 6.54. The molecule has 0 radical (unpaired) electrons. The molecule has 0 aromatic rings. The van der Waals surface area contributed by atoms with Crippen molar-refractivity contribution in [2.75, 3.05) is 24.8 Å². The third-order valence-electron chi connectivity index (χ3n) is 3.02. The fourth-order valence-corrected chi connectivity index (χ4v) is 3.20. The highest BCUT2D eigenvalue weighted by molar-refractivity contribution is 7.99. The summed E-state index contributed by atoms with van der Waals surface area (Å²) < 4.78 is 5.19. The first-order chi connectivity index (χ1) is 7.70. The molecule has 16 heavy (non-hydrogen) atoms. The standard InChI is InChI=1S/C10H15NO4S/c12-9(7-1-3-15-4-2-7)11-6-16-5-8(11)10(13)14/h7-8H,1-6H2,(H,13,14)/t8-/m0/s1. The molecule has 0 spiro atoms. The van der Waals surface area contributed by atoms with Gasteiger partial charge in [0.15, 0.2) is 0 Å². The van der Waals surface area contributed by atoms with E-state index in [0.29, 0.717) is 37.7 Å². The van der Waals surface area contributed by atoms with Crippen molar-refractivity contribution in [3.05, 3.63) is 0 Å². The van der Waals surface area contributed by atoms with Crippen LogP contribution < -0.4 is 0 Å². The fraction of sp³-hybridized carbons (Fsp3) is 0.800. The molecule has 2 heterocycles. The molecule has 0 bridgehead atoms. The first-order valence-electron chi connectivity index (χ1n) is 5.39. The van der Waals surface area contributed by atoms with Gasteiger partial charge >= 0.3 is 5.97 Å². The van der Waals surface area contributed by atoms with E-state index in [1.54, 1.807) is 0 Å². The van der Waals surface area contributed by atoms with Crippen LogP contribution in [0.15, 0.2) is 0 Å². The smallest absolute Gasteiger partial charge is 0.327 e. The summed E-state index contributed by atoms with van der Waals surface area (Å²) in [4.78, 5) is 24.6. The van der Waals surface area contributed by atoms with Crippen molar-refractivity contribution >= 4 is 23.6 Å². The zero-order chi connectivity index (χ0) is 11.5. The number of rotatable bonds is 2. The van der Waals surface area contributed by atoms with E-state index in [2.05, 4.69) is 0 Å². The molecule has 2 fully saturated rings. The predicted molar refractivity (Wildman–Crippen MR) is 59.1 cm³/mol. The van der Waals surface area contributed by atoms with Crippen LogP contribution in [0, 0.1) is 5.92 Å². The van der Waals surface area contributed by atoms with Crippen LogP contribution in [0.3, 0.4) is 0 Å². The maximum Gasteiger partial charge on any atom is 0.327 e. The Morgan fingerprint density at radius 3 is 2.62 bits per heavy atom. The van der Waals surface area contributed by atoms with Gasteiger partial charge in [-0.2, -0.15) is 0 Å². The molecule has 0 unspecified atom stereocenters. The van der Waals surface area contributed by atoms with Gasteiger partial charge in [-0.1, -0.05) is 0 Å². The largest absolute Gasteiger partial charge is 0.480 e. The Morgan fingerprint density at radius 1 is 1.31 bits per heavy atom. The van der Waals surface area contributed by atoms with Gasteiger partial charge in [0.1, 0.15) is 6.04 Å². The summed E-state index contributed by atoms with van der Waals surface area (Å²) in [6, 6.07) is -0.639. The number of carbonyl (C=O) groups is 2. The minimum Gasteiger partial charge on any atom is -0.480 e. The van der Waals surface area contributed by atoms with Crippen LogP contribution in [0.1, 0.15) is 12.8 Å². The number of thioether (sulfide) groups is 1. The summed E-state index contributed by atoms with van der Waals surface area (Å²) in [5, 5.41) is 9.00. The van der Waals surface area contributed by atoms with E-state index in [1.165, 1.54) is 16.7 Å². The number of hydrogen-bond acceptors (Lipinski definition) is 4. The van der Waals surface area contributed by atoms with Crippen molar-refractivity contribution in [2.24, 2.45) is 5.92 Å². The number of hydrogen-bond donors (Lipinski definition) is 1. The van der Waals surface area contributed by atoms with Crippen molar-refractivity contribution in [2.45, 2.75) is 18.9 Å². The molecule has 6 heteroatoms. The van der Waals surface area contributed by atoms with E-state index in [9.17, 15) is 9.59 Å². The zero-order valence-corrected chi connectivity index (χ0v) is 9.74. The van der Waals surface area contributed by atoms with Crippen LogP contribution in [0.4, 0.5) is 0 Å². The summed E-state index contributed by atoms with van der Waals surface area (Å²) in [6.45, 7) is 1.21. The van der Waals surface area contributed by atoms with E-state index in [0.717, 1.165) is 0 Å². The Balaban J connectivity index is 1.99. The molecular formula is C10H15NO4S. The van der Waals surface area contributed by atoms with Crippen molar-refractivity contribution in [1.82, 2.24) is 4.90 Å². The summed E-state index contributed by atoms with van der Waals surface area (Å²) in [5.41, 5.74) is 0. The second kappa shape index (κ2) is 5.05. The Bertz CT molecular complexity index is 291. The number of aliphatic carboxylic acids is 1. The summed E-state index contributed by atoms with van der Waals surface area (Å²) in [7, 11) is 0. The molecule has 1 atom stereocenters. The minimum absolute atomic E-state index is 0.0132. The van der Waals surface area contributed by atoms with Gasteiger partial charge in [-0.05, 0) is 12.8 Å². The normalized spacial score (nSPS) is 27.0. The highest BCUT2D eigenvalue weighted by Crippen LogP contribution is 2.26. The molecule has 2 rings (SSSR count). The third kappa shape index (κ3) is 2.32. The van der Waals surface area contributed by atoms with Gasteiger partial charge in [-0.25, -0.2) is 4.79 Å². The zero-order valence-electron chi connectivity index (χ0n) is 8.92. The highest BCUT2D eigenvalue weighted by Gasteiger charge is 2.37. The molecule has 0 saturated carbocycles. The second-order valence-corrected chi connectivity index (χ2v) is 5.05. The van der Waals surface area contributed by atoms with Gasteiger partial charge < -0.3 is 14.7 Å². The number of carbonyl (C=O) groups excluding carboxylic acids is 1. The highest BCUT2D eigenvalue weighted by atomic mass is 32.2. The van der Waals surface area contributed by atoms with Crippen LogP contribution >= 0.6 is 11.8 Å². The minimum atomic E-state index is -0.898. The molecule has 2 aliphatic heterocycles. The molecular weight excluding hydrogens is 230 g/mol. The lowest BCUT2D eigenvalue weighted by molar-refractivity contribution is -0.150. The maximum absolute atomic E-state index is 12.1. The molecule has 5 nitrogen and oxygen atoms in total. The summed E-state index contributed by atoms with van der Waals surface area (Å²) in [5.74, 6) is 0.0534. The lowest BCUT2D eigenvalue weighted by atomic mass is 9.98. The average Bonchev–Trinajstić information content (AvgIpc) is 2.78. The summed E-state index contributed by atoms with van der Waals surface area (Å²) in [6.07, 6.45) is 1.43. The predicted octanol–water partition coefficient (Wildman–Crippen LogP) is 0.399. The monoisotopic (exact) mass is 245 g/mol. The van der Waals surface area contributed by atoms with Crippen molar-refractivity contribution < 1.29 is 19.4 Å². The molecule has 1 N–H and O–H groups in total. The van der Waals surface area contributed by atoms with Crippen LogP contribution in [-0.4, -0.2) is 52.8 Å². The molecule has 2 aliphatic rings. The lowest BCUT2D eigenvalue weighted by Crippen LogP contribution is -2.45. The number of nitrogens with zero attached hydrogens (tertiary/aromatic N) is 1. The molecule has 0 aromatic heterocycles. The average molecular weight is 245 g/mol. The molecule has 1 amide bonds.